The third kappa shape index (κ3) is 4.54. The lowest BCUT2D eigenvalue weighted by molar-refractivity contribution is -0.120. The predicted molar refractivity (Wildman–Crippen MR) is 160 cm³/mol. The lowest BCUT2D eigenvalue weighted by Crippen LogP contribution is -2.44. The number of anilines is 1. The summed E-state index contributed by atoms with van der Waals surface area (Å²) in [5.74, 6) is -0.677. The Kier molecular flexibility index (Phi) is 6.93. The van der Waals surface area contributed by atoms with Crippen molar-refractivity contribution in [2.24, 2.45) is 0 Å². The zero-order valence-corrected chi connectivity index (χ0v) is 23.6. The summed E-state index contributed by atoms with van der Waals surface area (Å²) in [6.45, 7) is 4.16. The summed E-state index contributed by atoms with van der Waals surface area (Å²) in [5.41, 5.74) is 4.19. The number of morpholine rings is 1. The minimum atomic E-state index is -0.731. The van der Waals surface area contributed by atoms with Crippen molar-refractivity contribution in [2.45, 2.75) is 18.5 Å². The van der Waals surface area contributed by atoms with Gasteiger partial charge in [0, 0.05) is 54.2 Å². The second-order valence-electron chi connectivity index (χ2n) is 10.8. The molecule has 10 heteroatoms. The highest BCUT2D eigenvalue weighted by atomic mass is 35.5. The molecule has 4 amide bonds. The van der Waals surface area contributed by atoms with E-state index >= 15 is 0 Å². The van der Waals surface area contributed by atoms with Crippen molar-refractivity contribution in [1.29, 1.82) is 0 Å². The number of para-hydroxylation sites is 2. The first-order valence-corrected chi connectivity index (χ1v) is 14.6. The maximum atomic E-state index is 14.3. The highest BCUT2D eigenvalue weighted by molar-refractivity contribution is 6.30. The van der Waals surface area contributed by atoms with E-state index in [1.54, 1.807) is 35.2 Å². The molecule has 42 heavy (non-hydrogen) atoms. The van der Waals surface area contributed by atoms with Crippen LogP contribution in [0.2, 0.25) is 5.02 Å². The van der Waals surface area contributed by atoms with E-state index in [-0.39, 0.29) is 23.1 Å². The van der Waals surface area contributed by atoms with E-state index in [0.29, 0.717) is 37.7 Å². The molecular formula is C32H30ClN5O4. The number of H-pyrrole nitrogens is 1. The van der Waals surface area contributed by atoms with Gasteiger partial charge in [0.15, 0.2) is 0 Å². The monoisotopic (exact) mass is 583 g/mol. The molecule has 0 saturated carbocycles. The van der Waals surface area contributed by atoms with E-state index in [0.717, 1.165) is 40.8 Å². The number of nitrogens with zero attached hydrogens (tertiary/aromatic N) is 3. The maximum absolute atomic E-state index is 14.3. The lowest BCUT2D eigenvalue weighted by atomic mass is 9.89. The molecule has 0 spiro atoms. The molecule has 4 aromatic rings. The van der Waals surface area contributed by atoms with E-state index in [4.69, 9.17) is 16.3 Å². The van der Waals surface area contributed by atoms with Gasteiger partial charge < -0.3 is 15.0 Å². The topological polar surface area (TPSA) is 98.0 Å². The predicted octanol–water partition coefficient (Wildman–Crippen LogP) is 4.37. The quantitative estimate of drug-likeness (QED) is 0.329. The Balaban J connectivity index is 1.23. The number of aromatic amines is 1. The summed E-state index contributed by atoms with van der Waals surface area (Å²) in [6, 6.07) is 20.4. The second kappa shape index (κ2) is 10.9. The molecule has 3 aliphatic rings. The Morgan fingerprint density at radius 3 is 2.62 bits per heavy atom. The van der Waals surface area contributed by atoms with Crippen LogP contribution in [0.3, 0.4) is 0 Å². The highest BCUT2D eigenvalue weighted by Gasteiger charge is 2.53. The largest absolute Gasteiger partial charge is 0.379 e. The van der Waals surface area contributed by atoms with E-state index in [1.807, 2.05) is 42.5 Å². The number of carbonyl (C=O) groups is 3. The molecule has 7 rings (SSSR count). The van der Waals surface area contributed by atoms with Gasteiger partial charge in [0.25, 0.3) is 11.8 Å². The Morgan fingerprint density at radius 1 is 1.00 bits per heavy atom. The molecule has 214 valence electrons. The second-order valence-corrected chi connectivity index (χ2v) is 11.3. The van der Waals surface area contributed by atoms with Crippen LogP contribution in [0.1, 0.15) is 33.2 Å². The van der Waals surface area contributed by atoms with Crippen LogP contribution in [0.25, 0.3) is 10.9 Å². The van der Waals surface area contributed by atoms with Crippen LogP contribution in [0.5, 0.6) is 0 Å². The molecule has 2 atom stereocenters. The van der Waals surface area contributed by atoms with Gasteiger partial charge in [-0.2, -0.15) is 0 Å². The Labute approximate surface area is 248 Å². The summed E-state index contributed by atoms with van der Waals surface area (Å²) >= 11 is 6.40. The van der Waals surface area contributed by atoms with E-state index in [9.17, 15) is 14.4 Å². The van der Waals surface area contributed by atoms with Crippen LogP contribution in [0.15, 0.2) is 72.8 Å². The lowest BCUT2D eigenvalue weighted by Gasteiger charge is -2.36. The fourth-order valence-corrected chi connectivity index (χ4v) is 6.63. The number of imide groups is 1. The van der Waals surface area contributed by atoms with Gasteiger partial charge in [0.05, 0.1) is 24.5 Å². The Hall–Kier alpha value is -4.18. The summed E-state index contributed by atoms with van der Waals surface area (Å²) in [5, 5.41) is 4.54. The molecule has 0 radical (unpaired) electrons. The van der Waals surface area contributed by atoms with Gasteiger partial charge in [-0.1, -0.05) is 54.1 Å². The molecule has 3 aromatic carbocycles. The number of aromatic nitrogens is 1. The van der Waals surface area contributed by atoms with Crippen LogP contribution < -0.4 is 10.2 Å². The molecule has 0 bridgehead atoms. The van der Waals surface area contributed by atoms with Crippen molar-refractivity contribution in [1.82, 2.24) is 20.1 Å². The first-order chi connectivity index (χ1) is 20.5. The number of amides is 4. The number of ether oxygens (including phenoxy) is 1. The minimum absolute atomic E-state index is 0.282. The summed E-state index contributed by atoms with van der Waals surface area (Å²) in [4.78, 5) is 50.3. The SMILES string of the molecule is O=C(NCCN1CCOCC1)c1ccccc1N1C(=O)[C@@H]2Cc3c([nH]c4ccccc34)[C@H](c3cccc(Cl)c3)N2C1=O. The molecule has 4 heterocycles. The minimum Gasteiger partial charge on any atom is -0.379 e. The average Bonchev–Trinajstić information content (AvgIpc) is 3.50. The summed E-state index contributed by atoms with van der Waals surface area (Å²) < 4.78 is 5.40. The van der Waals surface area contributed by atoms with Gasteiger partial charge in [0.1, 0.15) is 12.1 Å². The number of hydrogen-bond donors (Lipinski definition) is 2. The van der Waals surface area contributed by atoms with Gasteiger partial charge in [-0.05, 0) is 41.5 Å². The molecule has 2 N–H and O–H groups in total. The fourth-order valence-electron chi connectivity index (χ4n) is 6.43. The number of carbonyl (C=O) groups excluding carboxylic acids is 3. The van der Waals surface area contributed by atoms with Gasteiger partial charge >= 0.3 is 6.03 Å². The molecule has 2 saturated heterocycles. The van der Waals surface area contributed by atoms with E-state index < -0.39 is 18.1 Å². The normalized spacial score (nSPS) is 20.6. The smallest absolute Gasteiger partial charge is 0.332 e. The zero-order valence-electron chi connectivity index (χ0n) is 22.9. The number of hydrogen-bond acceptors (Lipinski definition) is 5. The first kappa shape index (κ1) is 26.7. The molecule has 9 nitrogen and oxygen atoms in total. The number of urea groups is 1. The Bertz CT molecular complexity index is 1700. The standard InChI is InChI=1S/C32H30ClN5O4/c33-21-7-5-6-20(18-21)29-28-24(22-8-1-3-10-25(22)35-28)19-27-31(40)38(32(41)37(27)29)26-11-4-2-9-23(26)30(39)34-12-13-36-14-16-42-17-15-36/h1-11,18,27,29,35H,12-17,19H2,(H,34,39)/t27-,29-/m0/s1. The van der Waals surface area contributed by atoms with E-state index in [2.05, 4.69) is 15.2 Å². The van der Waals surface area contributed by atoms with Crippen LogP contribution in [0, 0.1) is 0 Å². The van der Waals surface area contributed by atoms with E-state index in [1.165, 1.54) is 4.90 Å². The van der Waals surface area contributed by atoms with Gasteiger partial charge in [-0.3, -0.25) is 19.4 Å². The van der Waals surface area contributed by atoms with Gasteiger partial charge in [-0.25, -0.2) is 9.69 Å². The molecule has 3 aliphatic heterocycles. The molecule has 0 aliphatic carbocycles. The molecule has 1 aromatic heterocycles. The van der Waals surface area contributed by atoms with Crippen molar-refractivity contribution in [2.75, 3.05) is 44.3 Å². The number of halogens is 1. The van der Waals surface area contributed by atoms with Crippen molar-refractivity contribution >= 4 is 46.0 Å². The molecule has 2 fully saturated rings. The third-order valence-electron chi connectivity index (χ3n) is 8.42. The summed E-state index contributed by atoms with van der Waals surface area (Å²) in [6.07, 6.45) is 0.366. The maximum Gasteiger partial charge on any atom is 0.332 e. The molecule has 0 unspecified atom stereocenters. The van der Waals surface area contributed by atoms with Gasteiger partial charge in [0.2, 0.25) is 0 Å². The number of fused-ring (bicyclic) bond motifs is 4. The number of nitrogens with one attached hydrogen (secondary N) is 2. The average molecular weight is 584 g/mol. The van der Waals surface area contributed by atoms with Crippen LogP contribution in [-0.2, 0) is 16.0 Å². The first-order valence-electron chi connectivity index (χ1n) is 14.2. The van der Waals surface area contributed by atoms with Crippen LogP contribution >= 0.6 is 11.6 Å². The van der Waals surface area contributed by atoms with Crippen molar-refractivity contribution < 1.29 is 19.1 Å². The van der Waals surface area contributed by atoms with Crippen molar-refractivity contribution in [3.8, 4) is 0 Å². The van der Waals surface area contributed by atoms with Crippen molar-refractivity contribution in [3.63, 3.8) is 0 Å². The highest BCUT2D eigenvalue weighted by Crippen LogP contribution is 2.45. The zero-order chi connectivity index (χ0) is 28.8. The van der Waals surface area contributed by atoms with Crippen LogP contribution in [0.4, 0.5) is 10.5 Å². The van der Waals surface area contributed by atoms with Gasteiger partial charge in [-0.15, -0.1) is 0 Å². The Morgan fingerprint density at radius 2 is 1.79 bits per heavy atom. The van der Waals surface area contributed by atoms with Crippen molar-refractivity contribution in [3.05, 3.63) is 100 Å². The fraction of sp³-hybridized carbons (Fsp3) is 0.281. The van der Waals surface area contributed by atoms with Crippen LogP contribution in [-0.4, -0.2) is 78.1 Å². The number of benzene rings is 3. The third-order valence-corrected chi connectivity index (χ3v) is 8.66. The number of rotatable bonds is 6. The summed E-state index contributed by atoms with van der Waals surface area (Å²) in [7, 11) is 0. The molecular weight excluding hydrogens is 554 g/mol.